The van der Waals surface area contributed by atoms with E-state index in [9.17, 15) is 14.9 Å². The molecule has 0 unspecified atom stereocenters. The zero-order chi connectivity index (χ0) is 18.7. The summed E-state index contributed by atoms with van der Waals surface area (Å²) in [5.41, 5.74) is 1.44. The lowest BCUT2D eigenvalue weighted by molar-refractivity contribution is -0.384. The molecular weight excluding hydrogens is 374 g/mol. The maximum atomic E-state index is 12.6. The van der Waals surface area contributed by atoms with Crippen LogP contribution in [0, 0.1) is 10.1 Å². The van der Waals surface area contributed by atoms with Gasteiger partial charge in [-0.15, -0.1) is 0 Å². The molecule has 0 aromatic heterocycles. The normalized spacial score (nSPS) is 17.3. The molecule has 0 atom stereocenters. The minimum Gasteiger partial charge on any atom is -0.287 e. The number of amides is 1. The fraction of sp³-hybridized carbons (Fsp3) is 0.111. The van der Waals surface area contributed by atoms with Crippen molar-refractivity contribution in [3.05, 3.63) is 74.1 Å². The zero-order valence-corrected chi connectivity index (χ0v) is 15.3. The number of hydrogen-bond acceptors (Lipinski definition) is 5. The number of halogens is 1. The highest BCUT2D eigenvalue weighted by Crippen LogP contribution is 2.34. The van der Waals surface area contributed by atoms with Crippen LogP contribution in [0.4, 0.5) is 11.4 Å². The van der Waals surface area contributed by atoms with Gasteiger partial charge in [-0.3, -0.25) is 19.8 Å². The number of nitro benzene ring substituents is 1. The van der Waals surface area contributed by atoms with Crippen molar-refractivity contribution in [2.45, 2.75) is 6.92 Å². The van der Waals surface area contributed by atoms with Gasteiger partial charge in [-0.25, -0.2) is 4.99 Å². The largest absolute Gasteiger partial charge is 0.287 e. The number of hydrogen-bond donors (Lipinski definition) is 0. The molecule has 26 heavy (non-hydrogen) atoms. The van der Waals surface area contributed by atoms with E-state index in [2.05, 4.69) is 4.99 Å². The molecule has 132 valence electrons. The number of non-ortho nitro benzene ring substituents is 1. The van der Waals surface area contributed by atoms with Gasteiger partial charge < -0.3 is 0 Å². The lowest BCUT2D eigenvalue weighted by atomic mass is 10.2. The molecular formula is C18H14ClN3O3S. The molecule has 0 aliphatic carbocycles. The Morgan fingerprint density at radius 2 is 1.85 bits per heavy atom. The van der Waals surface area contributed by atoms with Gasteiger partial charge in [-0.1, -0.05) is 11.6 Å². The minimum atomic E-state index is -0.456. The van der Waals surface area contributed by atoms with Gasteiger partial charge in [0.05, 0.1) is 15.5 Å². The van der Waals surface area contributed by atoms with Crippen LogP contribution in [0.5, 0.6) is 0 Å². The van der Waals surface area contributed by atoms with Crippen molar-refractivity contribution in [1.29, 1.82) is 0 Å². The van der Waals surface area contributed by atoms with E-state index < -0.39 is 4.92 Å². The molecule has 3 rings (SSSR count). The lowest BCUT2D eigenvalue weighted by Gasteiger charge is -2.11. The fourth-order valence-electron chi connectivity index (χ4n) is 2.34. The summed E-state index contributed by atoms with van der Waals surface area (Å²) in [4.78, 5) is 29.5. The maximum absolute atomic E-state index is 12.6. The van der Waals surface area contributed by atoms with Crippen LogP contribution < -0.4 is 0 Å². The van der Waals surface area contributed by atoms with Crippen LogP contribution in [0.25, 0.3) is 6.08 Å². The van der Waals surface area contributed by atoms with Gasteiger partial charge in [0.15, 0.2) is 5.17 Å². The molecule has 2 aromatic rings. The summed E-state index contributed by atoms with van der Waals surface area (Å²) in [5.74, 6) is -0.136. The van der Waals surface area contributed by atoms with E-state index in [1.807, 2.05) is 6.92 Å². The predicted octanol–water partition coefficient (Wildman–Crippen LogP) is 4.87. The molecule has 1 amide bonds. The van der Waals surface area contributed by atoms with Crippen LogP contribution in [-0.2, 0) is 4.79 Å². The van der Waals surface area contributed by atoms with E-state index in [1.165, 1.54) is 23.9 Å². The molecule has 1 aliphatic heterocycles. The second-order valence-electron chi connectivity index (χ2n) is 5.38. The number of amidine groups is 1. The van der Waals surface area contributed by atoms with E-state index in [0.29, 0.717) is 27.3 Å². The molecule has 1 saturated heterocycles. The van der Waals surface area contributed by atoms with E-state index in [0.717, 1.165) is 5.56 Å². The number of aliphatic imine (C=N–C) groups is 1. The summed E-state index contributed by atoms with van der Waals surface area (Å²) in [6.45, 7) is 2.38. The lowest BCUT2D eigenvalue weighted by Crippen LogP contribution is -2.28. The third kappa shape index (κ3) is 3.95. The number of rotatable bonds is 4. The van der Waals surface area contributed by atoms with Gasteiger partial charge in [0.25, 0.3) is 11.6 Å². The Balaban J connectivity index is 1.88. The Kier molecular flexibility index (Phi) is 5.39. The Morgan fingerprint density at radius 3 is 2.42 bits per heavy atom. The summed E-state index contributed by atoms with van der Waals surface area (Å²) < 4.78 is 0. The van der Waals surface area contributed by atoms with Crippen LogP contribution in [0.2, 0.25) is 5.02 Å². The Labute approximate surface area is 159 Å². The van der Waals surface area contributed by atoms with Gasteiger partial charge in [0, 0.05) is 23.7 Å². The van der Waals surface area contributed by atoms with E-state index in [4.69, 9.17) is 11.6 Å². The van der Waals surface area contributed by atoms with Gasteiger partial charge in [0.1, 0.15) is 0 Å². The number of carbonyl (C=O) groups is 1. The van der Waals surface area contributed by atoms with Crippen LogP contribution in [0.15, 0.2) is 58.4 Å². The van der Waals surface area contributed by atoms with E-state index in [1.54, 1.807) is 47.4 Å². The Bertz CT molecular complexity index is 908. The SMILES string of the molecule is CCN1C(=O)/C(=C\c2ccc([N+](=O)[O-])cc2)SC1=Nc1ccc(Cl)cc1. The summed E-state index contributed by atoms with van der Waals surface area (Å²) in [6.07, 6.45) is 1.71. The smallest absolute Gasteiger partial charge is 0.269 e. The number of carbonyl (C=O) groups excluding carboxylic acids is 1. The fourth-order valence-corrected chi connectivity index (χ4v) is 3.53. The molecule has 0 bridgehead atoms. The molecule has 0 spiro atoms. The summed E-state index contributed by atoms with van der Waals surface area (Å²) in [5, 5.41) is 11.9. The van der Waals surface area contributed by atoms with Crippen molar-refractivity contribution < 1.29 is 9.72 Å². The molecule has 1 fully saturated rings. The molecule has 1 aliphatic rings. The molecule has 6 nitrogen and oxygen atoms in total. The molecule has 2 aromatic carbocycles. The first-order chi connectivity index (χ1) is 12.5. The first-order valence-corrected chi connectivity index (χ1v) is 8.97. The molecule has 8 heteroatoms. The van der Waals surface area contributed by atoms with Gasteiger partial charge in [-0.2, -0.15) is 0 Å². The van der Waals surface area contributed by atoms with Gasteiger partial charge in [0.2, 0.25) is 0 Å². The maximum Gasteiger partial charge on any atom is 0.269 e. The highest BCUT2D eigenvalue weighted by atomic mass is 35.5. The molecule has 0 saturated carbocycles. The number of nitrogens with zero attached hydrogens (tertiary/aromatic N) is 3. The zero-order valence-electron chi connectivity index (χ0n) is 13.8. The Morgan fingerprint density at radius 1 is 1.19 bits per heavy atom. The average molecular weight is 388 g/mol. The number of benzene rings is 2. The van der Waals surface area contributed by atoms with Crippen LogP contribution >= 0.6 is 23.4 Å². The highest BCUT2D eigenvalue weighted by molar-refractivity contribution is 8.18. The number of nitro groups is 1. The summed E-state index contributed by atoms with van der Waals surface area (Å²) in [6, 6.07) is 13.1. The topological polar surface area (TPSA) is 75.8 Å². The summed E-state index contributed by atoms with van der Waals surface area (Å²) >= 11 is 7.16. The standard InChI is InChI=1S/C18H14ClN3O3S/c1-2-21-17(23)16(11-12-3-9-15(10-4-12)22(24)25)26-18(21)20-14-7-5-13(19)6-8-14/h3-11H,2H2,1H3/b16-11+,20-18?. The van der Waals surface area contributed by atoms with Crippen molar-refractivity contribution in [2.24, 2.45) is 4.99 Å². The van der Waals surface area contributed by atoms with Gasteiger partial charge >= 0.3 is 0 Å². The first kappa shape index (κ1) is 18.2. The van der Waals surface area contributed by atoms with Crippen LogP contribution in [-0.4, -0.2) is 27.4 Å². The van der Waals surface area contributed by atoms with E-state index in [-0.39, 0.29) is 11.6 Å². The monoisotopic (exact) mass is 387 g/mol. The minimum absolute atomic E-state index is 0.0118. The molecule has 0 radical (unpaired) electrons. The van der Waals surface area contributed by atoms with Crippen molar-refractivity contribution >= 4 is 51.9 Å². The number of likely N-dealkylation sites (N-methyl/N-ethyl adjacent to an activating group) is 1. The van der Waals surface area contributed by atoms with Crippen molar-refractivity contribution in [3.63, 3.8) is 0 Å². The molecule has 0 N–H and O–H groups in total. The third-order valence-corrected chi connectivity index (χ3v) is 4.92. The second-order valence-corrected chi connectivity index (χ2v) is 6.83. The van der Waals surface area contributed by atoms with E-state index >= 15 is 0 Å². The van der Waals surface area contributed by atoms with Crippen molar-refractivity contribution in [2.75, 3.05) is 6.54 Å². The quantitative estimate of drug-likeness (QED) is 0.426. The van der Waals surface area contributed by atoms with Crippen molar-refractivity contribution in [1.82, 2.24) is 4.90 Å². The van der Waals surface area contributed by atoms with Crippen LogP contribution in [0.1, 0.15) is 12.5 Å². The first-order valence-electron chi connectivity index (χ1n) is 7.78. The summed E-state index contributed by atoms with van der Waals surface area (Å²) in [7, 11) is 0. The Hall–Kier alpha value is -2.64. The predicted molar refractivity (Wildman–Crippen MR) is 105 cm³/mol. The second kappa shape index (κ2) is 7.72. The third-order valence-electron chi connectivity index (χ3n) is 3.66. The average Bonchev–Trinajstić information content (AvgIpc) is 2.92. The van der Waals surface area contributed by atoms with Gasteiger partial charge in [-0.05, 0) is 66.7 Å². The number of thioether (sulfide) groups is 1. The van der Waals surface area contributed by atoms with Crippen molar-refractivity contribution in [3.8, 4) is 0 Å². The highest BCUT2D eigenvalue weighted by Gasteiger charge is 2.32. The molecule has 1 heterocycles. The van der Waals surface area contributed by atoms with Crippen LogP contribution in [0.3, 0.4) is 0 Å².